The predicted molar refractivity (Wildman–Crippen MR) is 80.1 cm³/mol. The van der Waals surface area contributed by atoms with Crippen molar-refractivity contribution >= 4 is 16.0 Å². The van der Waals surface area contributed by atoms with Crippen LogP contribution in [0.25, 0.3) is 0 Å². The molecule has 0 bridgehead atoms. The van der Waals surface area contributed by atoms with Crippen molar-refractivity contribution in [3.63, 3.8) is 0 Å². The summed E-state index contributed by atoms with van der Waals surface area (Å²) in [6.07, 6.45) is 1.36. The summed E-state index contributed by atoms with van der Waals surface area (Å²) >= 11 is 0. The molecule has 7 nitrogen and oxygen atoms in total. The fraction of sp³-hybridized carbons (Fsp3) is 0.615. The summed E-state index contributed by atoms with van der Waals surface area (Å²) in [6.45, 7) is 7.28. The van der Waals surface area contributed by atoms with E-state index in [9.17, 15) is 13.2 Å². The standard InChI is InChI=1S/C13H23N3O4S/c1-5-15(4)7-6-14-21(19,20)11-8-12(13(17)18)16(9-11)10(2)3/h8-10,14H,5-7H2,1-4H3,(H,17,18). The molecule has 1 heterocycles. The molecule has 0 spiro atoms. The quantitative estimate of drug-likeness (QED) is 0.746. The number of nitrogens with one attached hydrogen (secondary N) is 1. The van der Waals surface area contributed by atoms with Gasteiger partial charge in [-0.1, -0.05) is 6.92 Å². The third-order valence-corrected chi connectivity index (χ3v) is 4.66. The molecule has 1 aromatic rings. The Balaban J connectivity index is 2.93. The molecule has 120 valence electrons. The highest BCUT2D eigenvalue weighted by molar-refractivity contribution is 7.89. The van der Waals surface area contributed by atoms with Crippen LogP contribution in [-0.2, 0) is 10.0 Å². The van der Waals surface area contributed by atoms with Gasteiger partial charge >= 0.3 is 5.97 Å². The lowest BCUT2D eigenvalue weighted by atomic mass is 10.3. The second-order valence-electron chi connectivity index (χ2n) is 5.16. The Bertz CT molecular complexity index is 593. The van der Waals surface area contributed by atoms with E-state index in [1.165, 1.54) is 16.8 Å². The zero-order valence-electron chi connectivity index (χ0n) is 12.8. The van der Waals surface area contributed by atoms with Gasteiger partial charge in [-0.15, -0.1) is 0 Å². The SMILES string of the molecule is CCN(C)CCNS(=O)(=O)c1cc(C(=O)O)n(C(C)C)c1. The predicted octanol–water partition coefficient (Wildman–Crippen LogP) is 0.997. The summed E-state index contributed by atoms with van der Waals surface area (Å²) in [5.41, 5.74) is -0.0314. The van der Waals surface area contributed by atoms with E-state index < -0.39 is 16.0 Å². The van der Waals surface area contributed by atoms with Crippen molar-refractivity contribution in [2.45, 2.75) is 31.7 Å². The first-order valence-corrected chi connectivity index (χ1v) is 8.30. The number of rotatable bonds is 8. The van der Waals surface area contributed by atoms with Crippen LogP contribution in [0.15, 0.2) is 17.2 Å². The Kier molecular flexibility index (Phi) is 5.94. The second kappa shape index (κ2) is 7.06. The molecule has 2 N–H and O–H groups in total. The van der Waals surface area contributed by atoms with E-state index in [0.717, 1.165) is 6.54 Å². The van der Waals surface area contributed by atoms with Crippen LogP contribution >= 0.6 is 0 Å². The van der Waals surface area contributed by atoms with Crippen LogP contribution in [-0.4, -0.2) is 55.6 Å². The third kappa shape index (κ3) is 4.55. The van der Waals surface area contributed by atoms with Crippen molar-refractivity contribution in [2.24, 2.45) is 0 Å². The highest BCUT2D eigenvalue weighted by Crippen LogP contribution is 2.18. The molecule has 0 unspecified atom stereocenters. The largest absolute Gasteiger partial charge is 0.477 e. The van der Waals surface area contributed by atoms with E-state index in [0.29, 0.717) is 6.54 Å². The Morgan fingerprint density at radius 2 is 2.10 bits per heavy atom. The zero-order valence-corrected chi connectivity index (χ0v) is 13.6. The van der Waals surface area contributed by atoms with Crippen molar-refractivity contribution in [2.75, 3.05) is 26.7 Å². The van der Waals surface area contributed by atoms with E-state index in [2.05, 4.69) is 4.72 Å². The van der Waals surface area contributed by atoms with Gasteiger partial charge in [0.05, 0.1) is 0 Å². The van der Waals surface area contributed by atoms with Gasteiger partial charge < -0.3 is 14.6 Å². The monoisotopic (exact) mass is 317 g/mol. The number of carboxylic acid groups (broad SMARTS) is 1. The normalized spacial score (nSPS) is 12.3. The van der Waals surface area contributed by atoms with Crippen molar-refractivity contribution in [3.05, 3.63) is 18.0 Å². The summed E-state index contributed by atoms with van der Waals surface area (Å²) < 4.78 is 28.3. The van der Waals surface area contributed by atoms with Gasteiger partial charge in [0.15, 0.2) is 0 Å². The molecular weight excluding hydrogens is 294 g/mol. The van der Waals surface area contributed by atoms with Crippen LogP contribution in [0.2, 0.25) is 0 Å². The minimum absolute atomic E-state index is 0.0206. The fourth-order valence-corrected chi connectivity index (χ4v) is 2.86. The van der Waals surface area contributed by atoms with Crippen LogP contribution in [0.3, 0.4) is 0 Å². The van der Waals surface area contributed by atoms with Crippen LogP contribution in [0.5, 0.6) is 0 Å². The molecule has 0 saturated carbocycles. The summed E-state index contributed by atoms with van der Waals surface area (Å²) in [5.74, 6) is -1.14. The van der Waals surface area contributed by atoms with Gasteiger partial charge in [-0.2, -0.15) is 0 Å². The van der Waals surface area contributed by atoms with Crippen molar-refractivity contribution in [1.82, 2.24) is 14.2 Å². The fourth-order valence-electron chi connectivity index (χ4n) is 1.81. The third-order valence-electron chi connectivity index (χ3n) is 3.23. The number of aromatic carboxylic acids is 1. The Labute approximate surface area is 125 Å². The average Bonchev–Trinajstić information content (AvgIpc) is 2.84. The Morgan fingerprint density at radius 3 is 2.52 bits per heavy atom. The van der Waals surface area contributed by atoms with Crippen LogP contribution < -0.4 is 4.72 Å². The maximum Gasteiger partial charge on any atom is 0.352 e. The summed E-state index contributed by atoms with van der Waals surface area (Å²) in [6, 6.07) is 1.06. The minimum Gasteiger partial charge on any atom is -0.477 e. The lowest BCUT2D eigenvalue weighted by Gasteiger charge is -2.13. The Hall–Kier alpha value is -1.38. The first-order valence-electron chi connectivity index (χ1n) is 6.82. The maximum absolute atomic E-state index is 12.2. The highest BCUT2D eigenvalue weighted by atomic mass is 32.2. The average molecular weight is 317 g/mol. The molecule has 1 rings (SSSR count). The smallest absolute Gasteiger partial charge is 0.352 e. The molecular formula is C13H23N3O4S. The minimum atomic E-state index is -3.69. The molecule has 0 amide bonds. The lowest BCUT2D eigenvalue weighted by Crippen LogP contribution is -2.32. The van der Waals surface area contributed by atoms with E-state index in [1.807, 2.05) is 18.9 Å². The van der Waals surface area contributed by atoms with Gasteiger partial charge in [-0.25, -0.2) is 17.9 Å². The molecule has 0 aliphatic carbocycles. The van der Waals surface area contributed by atoms with Crippen LogP contribution in [0.4, 0.5) is 0 Å². The Morgan fingerprint density at radius 1 is 1.48 bits per heavy atom. The molecule has 0 atom stereocenters. The van der Waals surface area contributed by atoms with Gasteiger partial charge in [0.2, 0.25) is 10.0 Å². The van der Waals surface area contributed by atoms with Crippen molar-refractivity contribution in [1.29, 1.82) is 0 Å². The van der Waals surface area contributed by atoms with E-state index in [4.69, 9.17) is 5.11 Å². The maximum atomic E-state index is 12.2. The molecule has 0 aromatic carbocycles. The number of likely N-dealkylation sites (N-methyl/N-ethyl adjacent to an activating group) is 1. The first-order chi connectivity index (χ1) is 9.69. The molecule has 0 fully saturated rings. The first kappa shape index (κ1) is 17.7. The number of hydrogen-bond acceptors (Lipinski definition) is 4. The summed E-state index contributed by atoms with van der Waals surface area (Å²) in [7, 11) is -1.80. The van der Waals surface area contributed by atoms with Gasteiger partial charge in [-0.3, -0.25) is 0 Å². The van der Waals surface area contributed by atoms with E-state index in [1.54, 1.807) is 13.8 Å². The van der Waals surface area contributed by atoms with Gasteiger partial charge in [0.1, 0.15) is 10.6 Å². The van der Waals surface area contributed by atoms with Crippen molar-refractivity contribution < 1.29 is 18.3 Å². The summed E-state index contributed by atoms with van der Waals surface area (Å²) in [5, 5.41) is 9.13. The number of carbonyl (C=O) groups is 1. The van der Waals surface area contributed by atoms with Gasteiger partial charge in [0, 0.05) is 25.3 Å². The topological polar surface area (TPSA) is 91.6 Å². The van der Waals surface area contributed by atoms with Crippen LogP contribution in [0, 0.1) is 0 Å². The second-order valence-corrected chi connectivity index (χ2v) is 6.93. The van der Waals surface area contributed by atoms with E-state index in [-0.39, 0.29) is 23.2 Å². The zero-order chi connectivity index (χ0) is 16.2. The molecule has 21 heavy (non-hydrogen) atoms. The van der Waals surface area contributed by atoms with Crippen LogP contribution in [0.1, 0.15) is 37.3 Å². The molecule has 0 saturated heterocycles. The molecule has 8 heteroatoms. The number of sulfonamides is 1. The number of nitrogens with zero attached hydrogens (tertiary/aromatic N) is 2. The molecule has 0 aliphatic heterocycles. The molecule has 0 aliphatic rings. The number of carboxylic acids is 1. The van der Waals surface area contributed by atoms with Gasteiger partial charge in [-0.05, 0) is 33.5 Å². The van der Waals surface area contributed by atoms with Gasteiger partial charge in [0.25, 0.3) is 0 Å². The number of hydrogen-bond donors (Lipinski definition) is 2. The van der Waals surface area contributed by atoms with E-state index >= 15 is 0 Å². The summed E-state index contributed by atoms with van der Waals surface area (Å²) in [4.78, 5) is 13.1. The molecule has 1 aromatic heterocycles. The number of aromatic nitrogens is 1. The molecule has 0 radical (unpaired) electrons. The lowest BCUT2D eigenvalue weighted by molar-refractivity contribution is 0.0683. The highest BCUT2D eigenvalue weighted by Gasteiger charge is 2.22. The van der Waals surface area contributed by atoms with Crippen molar-refractivity contribution in [3.8, 4) is 0 Å².